The van der Waals surface area contributed by atoms with E-state index in [9.17, 15) is 14.4 Å². The highest BCUT2D eigenvalue weighted by molar-refractivity contribution is 6.40. The van der Waals surface area contributed by atoms with Gasteiger partial charge in [0, 0.05) is 13.1 Å². The molecule has 0 aliphatic heterocycles. The van der Waals surface area contributed by atoms with E-state index >= 15 is 0 Å². The van der Waals surface area contributed by atoms with Crippen LogP contribution in [-0.2, 0) is 16.1 Å². The molecular formula is C21H25N3O3. The number of benzene rings is 2. The summed E-state index contributed by atoms with van der Waals surface area (Å²) < 4.78 is 0. The Labute approximate surface area is 159 Å². The van der Waals surface area contributed by atoms with E-state index in [0.717, 1.165) is 24.0 Å². The molecule has 0 atom stereocenters. The van der Waals surface area contributed by atoms with E-state index in [1.807, 2.05) is 38.1 Å². The second kappa shape index (κ2) is 10.1. The lowest BCUT2D eigenvalue weighted by Gasteiger charge is -2.11. The first-order valence-corrected chi connectivity index (χ1v) is 9.03. The van der Waals surface area contributed by atoms with E-state index in [4.69, 9.17) is 0 Å². The summed E-state index contributed by atoms with van der Waals surface area (Å²) in [7, 11) is 0. The summed E-state index contributed by atoms with van der Waals surface area (Å²) in [6.07, 6.45) is 1.73. The van der Waals surface area contributed by atoms with Crippen molar-refractivity contribution in [3.63, 3.8) is 0 Å². The number of carbonyl (C=O) groups excluding carboxylic acids is 3. The highest BCUT2D eigenvalue weighted by Gasteiger charge is 2.17. The molecule has 2 rings (SSSR count). The van der Waals surface area contributed by atoms with Crippen LogP contribution >= 0.6 is 0 Å². The standard InChI is InChI=1S/C21H25N3O3/c1-3-4-13-22-20(26)21(27)24-18-8-6-5-7-17(18)19(25)23-14-16-11-9-15(2)10-12-16/h5-12H,3-4,13-14H2,1-2H3,(H,22,26)(H,23,25)(H,24,27). The molecule has 0 heterocycles. The van der Waals surface area contributed by atoms with E-state index in [-0.39, 0.29) is 5.91 Å². The predicted octanol–water partition coefficient (Wildman–Crippen LogP) is 2.78. The smallest absolute Gasteiger partial charge is 0.313 e. The zero-order valence-corrected chi connectivity index (χ0v) is 15.7. The van der Waals surface area contributed by atoms with Crippen molar-refractivity contribution in [2.75, 3.05) is 11.9 Å². The van der Waals surface area contributed by atoms with Crippen molar-refractivity contribution in [2.45, 2.75) is 33.2 Å². The molecule has 3 amide bonds. The van der Waals surface area contributed by atoms with E-state index in [1.54, 1.807) is 24.3 Å². The van der Waals surface area contributed by atoms with E-state index < -0.39 is 11.8 Å². The lowest BCUT2D eigenvalue weighted by atomic mass is 10.1. The molecule has 3 N–H and O–H groups in total. The minimum Gasteiger partial charge on any atom is -0.348 e. The Morgan fingerprint density at radius 1 is 0.889 bits per heavy atom. The molecule has 2 aromatic carbocycles. The number of para-hydroxylation sites is 1. The molecule has 142 valence electrons. The summed E-state index contributed by atoms with van der Waals surface area (Å²) in [6, 6.07) is 14.5. The summed E-state index contributed by atoms with van der Waals surface area (Å²) >= 11 is 0. The molecule has 0 unspecified atom stereocenters. The molecule has 6 heteroatoms. The van der Waals surface area contributed by atoms with Crippen LogP contribution in [0.4, 0.5) is 5.69 Å². The first kappa shape index (κ1) is 20.2. The van der Waals surface area contributed by atoms with Crippen molar-refractivity contribution in [1.29, 1.82) is 0 Å². The number of nitrogens with one attached hydrogen (secondary N) is 3. The quantitative estimate of drug-likeness (QED) is 0.519. The number of hydrogen-bond acceptors (Lipinski definition) is 3. The van der Waals surface area contributed by atoms with Crippen molar-refractivity contribution >= 4 is 23.4 Å². The Balaban J connectivity index is 1.99. The molecule has 2 aromatic rings. The van der Waals surface area contributed by atoms with Crippen LogP contribution in [0.15, 0.2) is 48.5 Å². The number of aryl methyl sites for hydroxylation is 1. The zero-order chi connectivity index (χ0) is 19.6. The van der Waals surface area contributed by atoms with Gasteiger partial charge in [0.15, 0.2) is 0 Å². The molecule has 27 heavy (non-hydrogen) atoms. The van der Waals surface area contributed by atoms with Gasteiger partial charge in [-0.1, -0.05) is 55.3 Å². The Morgan fingerprint density at radius 3 is 2.30 bits per heavy atom. The van der Waals surface area contributed by atoms with Gasteiger partial charge in [0.2, 0.25) is 0 Å². The zero-order valence-electron chi connectivity index (χ0n) is 15.7. The van der Waals surface area contributed by atoms with Crippen LogP contribution in [0.3, 0.4) is 0 Å². The highest BCUT2D eigenvalue weighted by Crippen LogP contribution is 2.15. The average Bonchev–Trinajstić information content (AvgIpc) is 2.67. The highest BCUT2D eigenvalue weighted by atomic mass is 16.2. The van der Waals surface area contributed by atoms with Gasteiger partial charge in [-0.2, -0.15) is 0 Å². The van der Waals surface area contributed by atoms with Gasteiger partial charge < -0.3 is 16.0 Å². The molecule has 0 spiro atoms. The van der Waals surface area contributed by atoms with Crippen LogP contribution in [0.5, 0.6) is 0 Å². The molecule has 6 nitrogen and oxygen atoms in total. The molecular weight excluding hydrogens is 342 g/mol. The third-order valence-corrected chi connectivity index (χ3v) is 4.02. The number of carbonyl (C=O) groups is 3. The largest absolute Gasteiger partial charge is 0.348 e. The minimum absolute atomic E-state index is 0.301. The number of hydrogen-bond donors (Lipinski definition) is 3. The van der Waals surface area contributed by atoms with Crippen LogP contribution in [0, 0.1) is 6.92 Å². The Morgan fingerprint density at radius 2 is 1.59 bits per heavy atom. The fraction of sp³-hybridized carbons (Fsp3) is 0.286. The molecule has 0 saturated carbocycles. The van der Waals surface area contributed by atoms with Crippen LogP contribution in [0.1, 0.15) is 41.3 Å². The maximum atomic E-state index is 12.5. The summed E-state index contributed by atoms with van der Waals surface area (Å²) in [5, 5.41) is 7.89. The Bertz CT molecular complexity index is 801. The van der Waals surface area contributed by atoms with Gasteiger partial charge in [0.1, 0.15) is 0 Å². The Hall–Kier alpha value is -3.15. The maximum Gasteiger partial charge on any atom is 0.313 e. The van der Waals surface area contributed by atoms with Gasteiger partial charge in [-0.3, -0.25) is 14.4 Å². The van der Waals surface area contributed by atoms with Crippen molar-refractivity contribution in [2.24, 2.45) is 0 Å². The molecule has 0 radical (unpaired) electrons. The fourth-order valence-electron chi connectivity index (χ4n) is 2.41. The van der Waals surface area contributed by atoms with Gasteiger partial charge in [-0.25, -0.2) is 0 Å². The van der Waals surface area contributed by atoms with E-state index in [0.29, 0.717) is 24.3 Å². The molecule has 0 aliphatic carbocycles. The lowest BCUT2D eigenvalue weighted by Crippen LogP contribution is -2.36. The van der Waals surface area contributed by atoms with E-state index in [1.165, 1.54) is 0 Å². The molecule has 0 saturated heterocycles. The van der Waals surface area contributed by atoms with Crippen LogP contribution in [-0.4, -0.2) is 24.3 Å². The van der Waals surface area contributed by atoms with Crippen LogP contribution in [0.25, 0.3) is 0 Å². The molecule has 0 fully saturated rings. The predicted molar refractivity (Wildman–Crippen MR) is 105 cm³/mol. The van der Waals surface area contributed by atoms with Crippen molar-refractivity contribution in [3.05, 3.63) is 65.2 Å². The van der Waals surface area contributed by atoms with Gasteiger partial charge in [-0.15, -0.1) is 0 Å². The topological polar surface area (TPSA) is 87.3 Å². The number of unbranched alkanes of at least 4 members (excludes halogenated alkanes) is 1. The molecule has 0 bridgehead atoms. The van der Waals surface area contributed by atoms with E-state index in [2.05, 4.69) is 16.0 Å². The second-order valence-corrected chi connectivity index (χ2v) is 6.28. The monoisotopic (exact) mass is 367 g/mol. The number of rotatable bonds is 7. The van der Waals surface area contributed by atoms with Gasteiger partial charge in [-0.05, 0) is 31.0 Å². The lowest BCUT2D eigenvalue weighted by molar-refractivity contribution is -0.136. The van der Waals surface area contributed by atoms with Gasteiger partial charge >= 0.3 is 11.8 Å². The minimum atomic E-state index is -0.787. The normalized spacial score (nSPS) is 10.1. The summed E-state index contributed by atoms with van der Waals surface area (Å²) in [5.41, 5.74) is 2.73. The fourth-order valence-corrected chi connectivity index (χ4v) is 2.41. The summed E-state index contributed by atoms with van der Waals surface area (Å²) in [4.78, 5) is 36.4. The van der Waals surface area contributed by atoms with Gasteiger partial charge in [0.25, 0.3) is 5.91 Å². The van der Waals surface area contributed by atoms with Crippen LogP contribution in [0.2, 0.25) is 0 Å². The molecule has 0 aliphatic rings. The third-order valence-electron chi connectivity index (χ3n) is 4.02. The third kappa shape index (κ3) is 6.26. The van der Waals surface area contributed by atoms with Crippen molar-refractivity contribution in [1.82, 2.24) is 10.6 Å². The first-order valence-electron chi connectivity index (χ1n) is 9.03. The number of anilines is 1. The van der Waals surface area contributed by atoms with Crippen molar-refractivity contribution < 1.29 is 14.4 Å². The van der Waals surface area contributed by atoms with Crippen LogP contribution < -0.4 is 16.0 Å². The number of amides is 3. The first-order chi connectivity index (χ1) is 13.0. The van der Waals surface area contributed by atoms with Gasteiger partial charge in [0.05, 0.1) is 11.3 Å². The SMILES string of the molecule is CCCCNC(=O)C(=O)Nc1ccccc1C(=O)NCc1ccc(C)cc1. The second-order valence-electron chi connectivity index (χ2n) is 6.28. The van der Waals surface area contributed by atoms with Crippen molar-refractivity contribution in [3.8, 4) is 0 Å². The Kier molecular flexibility index (Phi) is 7.55. The maximum absolute atomic E-state index is 12.5. The average molecular weight is 367 g/mol. The summed E-state index contributed by atoms with van der Waals surface area (Å²) in [5.74, 6) is -1.82. The molecule has 0 aromatic heterocycles. The summed E-state index contributed by atoms with van der Waals surface area (Å²) in [6.45, 7) is 4.82.